The molecule has 4 heteroatoms. The number of rotatable bonds is 7. The second kappa shape index (κ2) is 9.02. The number of aryl methyl sites for hydroxylation is 1. The zero-order chi connectivity index (χ0) is 18.2. The minimum absolute atomic E-state index is 0.0300. The Morgan fingerprint density at radius 1 is 1.04 bits per heavy atom. The van der Waals surface area contributed by atoms with E-state index < -0.39 is 6.04 Å². The van der Waals surface area contributed by atoms with Crippen molar-refractivity contribution in [3.05, 3.63) is 71.3 Å². The Bertz CT molecular complexity index is 713. The average molecular weight is 338 g/mol. The van der Waals surface area contributed by atoms with Crippen molar-refractivity contribution in [2.45, 2.75) is 32.7 Å². The first-order valence-corrected chi connectivity index (χ1v) is 8.62. The normalized spacial score (nSPS) is 11.6. The Hall–Kier alpha value is -2.62. The van der Waals surface area contributed by atoms with Gasteiger partial charge in [0.15, 0.2) is 0 Å². The number of amides is 2. The van der Waals surface area contributed by atoms with E-state index in [0.29, 0.717) is 13.0 Å². The Balaban J connectivity index is 2.12. The molecule has 1 unspecified atom stereocenters. The van der Waals surface area contributed by atoms with Gasteiger partial charge in [0.2, 0.25) is 11.8 Å². The molecule has 0 heterocycles. The number of hydrogen-bond acceptors (Lipinski definition) is 2. The van der Waals surface area contributed by atoms with Gasteiger partial charge in [0, 0.05) is 13.6 Å². The monoisotopic (exact) mass is 338 g/mol. The lowest BCUT2D eigenvalue weighted by atomic mass is 10.1. The molecule has 1 atom stereocenters. The lowest BCUT2D eigenvalue weighted by molar-refractivity contribution is -0.139. The van der Waals surface area contributed by atoms with E-state index in [0.717, 1.165) is 23.1 Å². The third kappa shape index (κ3) is 5.45. The summed E-state index contributed by atoms with van der Waals surface area (Å²) in [5, 5.41) is 2.64. The minimum Gasteiger partial charge on any atom is -0.357 e. The van der Waals surface area contributed by atoms with Crippen molar-refractivity contribution in [2.24, 2.45) is 0 Å². The van der Waals surface area contributed by atoms with Crippen molar-refractivity contribution in [3.63, 3.8) is 0 Å². The fourth-order valence-electron chi connectivity index (χ4n) is 2.88. The number of hydrogen-bond donors (Lipinski definition) is 1. The van der Waals surface area contributed by atoms with Crippen LogP contribution in [-0.4, -0.2) is 36.3 Å². The Labute approximate surface area is 149 Å². The van der Waals surface area contributed by atoms with Gasteiger partial charge in [-0.2, -0.15) is 0 Å². The molecular formula is C21H26N2O2. The zero-order valence-electron chi connectivity index (χ0n) is 15.2. The number of carbonyl (C=O) groups excluding carboxylic acids is 2. The first-order valence-electron chi connectivity index (χ1n) is 8.62. The molecule has 1 N–H and O–H groups in total. The van der Waals surface area contributed by atoms with Crippen LogP contribution in [-0.2, 0) is 22.4 Å². The van der Waals surface area contributed by atoms with Crippen LogP contribution in [0.25, 0.3) is 0 Å². The molecular weight excluding hydrogens is 312 g/mol. The highest BCUT2D eigenvalue weighted by Crippen LogP contribution is 2.11. The van der Waals surface area contributed by atoms with E-state index in [1.807, 2.05) is 61.5 Å². The van der Waals surface area contributed by atoms with Gasteiger partial charge in [0.1, 0.15) is 6.04 Å². The Morgan fingerprint density at radius 3 is 2.36 bits per heavy atom. The van der Waals surface area contributed by atoms with Crippen LogP contribution < -0.4 is 5.32 Å². The van der Waals surface area contributed by atoms with Crippen LogP contribution in [0.2, 0.25) is 0 Å². The van der Waals surface area contributed by atoms with Crippen LogP contribution in [0.5, 0.6) is 0 Å². The van der Waals surface area contributed by atoms with Crippen LogP contribution in [0.4, 0.5) is 0 Å². The van der Waals surface area contributed by atoms with E-state index in [9.17, 15) is 9.59 Å². The number of nitrogens with one attached hydrogen (secondary N) is 1. The van der Waals surface area contributed by atoms with Gasteiger partial charge in [-0.1, -0.05) is 60.2 Å². The Morgan fingerprint density at radius 2 is 1.72 bits per heavy atom. The summed E-state index contributed by atoms with van der Waals surface area (Å²) in [5.74, 6) is -0.178. The highest BCUT2D eigenvalue weighted by atomic mass is 16.2. The van der Waals surface area contributed by atoms with Gasteiger partial charge in [0.05, 0.1) is 6.42 Å². The molecule has 0 aromatic heterocycles. The molecule has 0 aliphatic carbocycles. The van der Waals surface area contributed by atoms with Crippen LogP contribution in [0.3, 0.4) is 0 Å². The van der Waals surface area contributed by atoms with E-state index in [2.05, 4.69) is 5.32 Å². The highest BCUT2D eigenvalue weighted by Gasteiger charge is 2.25. The maximum atomic E-state index is 12.9. The van der Waals surface area contributed by atoms with Gasteiger partial charge in [-0.05, 0) is 31.4 Å². The molecule has 0 aliphatic rings. The van der Waals surface area contributed by atoms with Crippen LogP contribution in [0.15, 0.2) is 54.6 Å². The van der Waals surface area contributed by atoms with Crippen LogP contribution in [0, 0.1) is 6.92 Å². The maximum Gasteiger partial charge on any atom is 0.242 e. The van der Waals surface area contributed by atoms with E-state index in [-0.39, 0.29) is 11.8 Å². The second-order valence-corrected chi connectivity index (χ2v) is 6.28. The molecule has 4 nitrogen and oxygen atoms in total. The molecule has 0 aliphatic heterocycles. The van der Waals surface area contributed by atoms with E-state index in [1.165, 1.54) is 0 Å². The number of likely N-dealkylation sites (N-methyl/N-ethyl adjacent to an activating group) is 1. The first-order chi connectivity index (χ1) is 12.0. The molecule has 0 spiro atoms. The molecule has 0 bridgehead atoms. The molecule has 0 saturated carbocycles. The van der Waals surface area contributed by atoms with E-state index in [4.69, 9.17) is 0 Å². The SMILES string of the molecule is CNC(=O)C(C)N(CCc1ccccc1)C(=O)Cc1cccc(C)c1. The number of benzene rings is 2. The topological polar surface area (TPSA) is 49.4 Å². The fourth-order valence-corrected chi connectivity index (χ4v) is 2.88. The summed E-state index contributed by atoms with van der Waals surface area (Å²) < 4.78 is 0. The molecule has 2 aromatic carbocycles. The molecule has 2 aromatic rings. The van der Waals surface area contributed by atoms with Gasteiger partial charge in [-0.25, -0.2) is 0 Å². The third-order valence-electron chi connectivity index (χ3n) is 4.34. The van der Waals surface area contributed by atoms with Crippen molar-refractivity contribution < 1.29 is 9.59 Å². The van der Waals surface area contributed by atoms with Crippen LogP contribution >= 0.6 is 0 Å². The molecule has 2 rings (SSSR count). The van der Waals surface area contributed by atoms with Crippen molar-refractivity contribution in [2.75, 3.05) is 13.6 Å². The molecule has 0 radical (unpaired) electrons. The predicted molar refractivity (Wildman–Crippen MR) is 100 cm³/mol. The second-order valence-electron chi connectivity index (χ2n) is 6.28. The molecule has 0 saturated heterocycles. The van der Waals surface area contributed by atoms with Gasteiger partial charge < -0.3 is 10.2 Å². The number of carbonyl (C=O) groups is 2. The quantitative estimate of drug-likeness (QED) is 0.844. The average Bonchev–Trinajstić information content (AvgIpc) is 2.62. The summed E-state index contributed by atoms with van der Waals surface area (Å²) in [6.45, 7) is 4.30. The smallest absolute Gasteiger partial charge is 0.242 e. The van der Waals surface area contributed by atoms with Crippen LogP contribution in [0.1, 0.15) is 23.6 Å². The van der Waals surface area contributed by atoms with Gasteiger partial charge in [-0.3, -0.25) is 9.59 Å². The van der Waals surface area contributed by atoms with Crippen molar-refractivity contribution in [1.29, 1.82) is 0 Å². The molecule has 0 fully saturated rings. The third-order valence-corrected chi connectivity index (χ3v) is 4.34. The number of nitrogens with zero attached hydrogens (tertiary/aromatic N) is 1. The summed E-state index contributed by atoms with van der Waals surface area (Å²) in [7, 11) is 1.60. The van der Waals surface area contributed by atoms with Crippen molar-refractivity contribution >= 4 is 11.8 Å². The lowest BCUT2D eigenvalue weighted by Gasteiger charge is -2.28. The summed E-state index contributed by atoms with van der Waals surface area (Å²) in [5.41, 5.74) is 3.25. The highest BCUT2D eigenvalue weighted by molar-refractivity contribution is 5.88. The zero-order valence-corrected chi connectivity index (χ0v) is 15.2. The van der Waals surface area contributed by atoms with Gasteiger partial charge in [0.25, 0.3) is 0 Å². The summed E-state index contributed by atoms with van der Waals surface area (Å²) >= 11 is 0. The Kier molecular flexibility index (Phi) is 6.75. The lowest BCUT2D eigenvalue weighted by Crippen LogP contribution is -2.48. The summed E-state index contributed by atoms with van der Waals surface area (Å²) in [4.78, 5) is 26.6. The molecule has 25 heavy (non-hydrogen) atoms. The van der Waals surface area contributed by atoms with Gasteiger partial charge >= 0.3 is 0 Å². The van der Waals surface area contributed by atoms with Crippen molar-refractivity contribution in [3.8, 4) is 0 Å². The fraction of sp³-hybridized carbons (Fsp3) is 0.333. The first kappa shape index (κ1) is 18.7. The van der Waals surface area contributed by atoms with Crippen molar-refractivity contribution in [1.82, 2.24) is 10.2 Å². The predicted octanol–water partition coefficient (Wildman–Crippen LogP) is 2.74. The molecule has 132 valence electrons. The van der Waals surface area contributed by atoms with Gasteiger partial charge in [-0.15, -0.1) is 0 Å². The summed E-state index contributed by atoms with van der Waals surface area (Å²) in [6.07, 6.45) is 1.03. The minimum atomic E-state index is -0.494. The van der Waals surface area contributed by atoms with E-state index >= 15 is 0 Å². The largest absolute Gasteiger partial charge is 0.357 e. The molecule has 2 amide bonds. The van der Waals surface area contributed by atoms with E-state index in [1.54, 1.807) is 18.9 Å². The summed E-state index contributed by atoms with van der Waals surface area (Å²) in [6, 6.07) is 17.4. The maximum absolute atomic E-state index is 12.9. The standard InChI is InChI=1S/C21H26N2O2/c1-16-8-7-11-19(14-16)15-20(24)23(17(2)21(25)22-3)13-12-18-9-5-4-6-10-18/h4-11,14,17H,12-13,15H2,1-3H3,(H,22,25).